The Hall–Kier alpha value is -4.06. The second-order valence-electron chi connectivity index (χ2n) is 11.9. The number of aromatic hydroxyl groups is 1. The van der Waals surface area contributed by atoms with Crippen molar-refractivity contribution in [2.24, 2.45) is 29.6 Å². The molecule has 3 heterocycles. The molecule has 45 heavy (non-hydrogen) atoms. The molecule has 2 bridgehead atoms. The van der Waals surface area contributed by atoms with Crippen LogP contribution in [0.4, 0.5) is 11.4 Å². The number of thiazole rings is 1. The molecule has 12 heteroatoms. The van der Waals surface area contributed by atoms with Gasteiger partial charge in [-0.2, -0.15) is 0 Å². The van der Waals surface area contributed by atoms with E-state index in [1.807, 2.05) is 24.3 Å². The Bertz CT molecular complexity index is 1890. The van der Waals surface area contributed by atoms with Crippen molar-refractivity contribution in [1.29, 1.82) is 0 Å². The molecule has 3 amide bonds. The molecule has 8 rings (SSSR count). The number of aromatic amines is 1. The summed E-state index contributed by atoms with van der Waals surface area (Å²) in [5, 5.41) is 13.6. The van der Waals surface area contributed by atoms with Crippen molar-refractivity contribution < 1.29 is 24.2 Å². The van der Waals surface area contributed by atoms with E-state index >= 15 is 0 Å². The number of carbonyl (C=O) groups is 3. The van der Waals surface area contributed by atoms with Crippen LogP contribution in [0.25, 0.3) is 0 Å². The predicted molar refractivity (Wildman–Crippen MR) is 171 cm³/mol. The summed E-state index contributed by atoms with van der Waals surface area (Å²) in [6.07, 6.45) is 0.802. The number of nitrogens with one attached hydrogen (secondary N) is 2. The first-order chi connectivity index (χ1) is 21.8. The van der Waals surface area contributed by atoms with Gasteiger partial charge in [-0.3, -0.25) is 24.1 Å². The van der Waals surface area contributed by atoms with Crippen LogP contribution in [-0.4, -0.2) is 39.7 Å². The van der Waals surface area contributed by atoms with Crippen molar-refractivity contribution in [3.8, 4) is 11.5 Å². The zero-order chi connectivity index (χ0) is 31.0. The number of imide groups is 1. The van der Waals surface area contributed by atoms with E-state index in [4.69, 9.17) is 16.3 Å². The molecule has 3 aromatic carbocycles. The second kappa shape index (κ2) is 10.8. The quantitative estimate of drug-likeness (QED) is 0.184. The Kier molecular flexibility index (Phi) is 6.81. The summed E-state index contributed by atoms with van der Waals surface area (Å²) in [6.45, 7) is -0.193. The highest BCUT2D eigenvalue weighted by Crippen LogP contribution is 2.68. The lowest BCUT2D eigenvalue weighted by molar-refractivity contribution is -0.123. The summed E-state index contributed by atoms with van der Waals surface area (Å²) in [5.74, 6) is -0.780. The number of H-pyrrole nitrogens is 1. The van der Waals surface area contributed by atoms with Gasteiger partial charge in [0.15, 0.2) is 6.61 Å². The van der Waals surface area contributed by atoms with E-state index in [0.29, 0.717) is 22.1 Å². The number of aromatic nitrogens is 1. The number of hydrogen-bond donors (Lipinski definition) is 3. The number of amides is 3. The molecular formula is C33H26ClN3O6S2. The highest BCUT2D eigenvalue weighted by molar-refractivity contribution is 8.00. The standard InChI is InChI=1S/C33H26ClN3O6S2/c34-16-3-7-18(8-4-16)37-31(40)26-21-13-22(27(26)32(37)41)28-25(21)24(29-30(44-28)36-33(42)45-29)15-1-11-20(12-2-15)43-14-23(39)35-17-5-9-19(38)10-6-17/h1-12,21-22,24-28,38H,13-14H2,(H,35,39)(H,36,42)/t21-,22-,24+,25-,26+,27+,28-/m1/s1. The SMILES string of the molecule is O=C(COc1ccc([C@@H]2c3sc(=O)[nH]c3S[C@@H]3[C@@H]4C[C@@H]([C@@H]5C(=O)N(c6ccc(Cl)cc6)C(=O)[C@@H]45)[C@H]23)cc1)Nc1ccc(O)cc1. The van der Waals surface area contributed by atoms with Gasteiger partial charge in [-0.1, -0.05) is 35.1 Å². The number of halogens is 1. The second-order valence-corrected chi connectivity index (χ2v) is 14.5. The molecule has 2 aliphatic carbocycles. The molecule has 2 saturated carbocycles. The number of thioether (sulfide) groups is 1. The maximum absolute atomic E-state index is 13.9. The number of phenols is 1. The lowest BCUT2D eigenvalue weighted by Gasteiger charge is -2.43. The predicted octanol–water partition coefficient (Wildman–Crippen LogP) is 5.49. The van der Waals surface area contributed by atoms with Crippen LogP contribution in [0.2, 0.25) is 5.02 Å². The van der Waals surface area contributed by atoms with Crippen LogP contribution >= 0.6 is 34.7 Å². The Balaban J connectivity index is 1.05. The van der Waals surface area contributed by atoms with E-state index in [1.54, 1.807) is 48.2 Å². The third kappa shape index (κ3) is 4.67. The topological polar surface area (TPSA) is 129 Å². The van der Waals surface area contributed by atoms with Crippen molar-refractivity contribution in [1.82, 2.24) is 4.98 Å². The average Bonchev–Trinajstić information content (AvgIpc) is 3.77. The van der Waals surface area contributed by atoms with Crippen molar-refractivity contribution >= 4 is 63.8 Å². The number of carbonyl (C=O) groups excluding carboxylic acids is 3. The Morgan fingerprint density at radius 2 is 1.64 bits per heavy atom. The number of phenolic OH excluding ortho intramolecular Hbond substituents is 1. The van der Waals surface area contributed by atoms with Gasteiger partial charge < -0.3 is 20.1 Å². The lowest BCUT2D eigenvalue weighted by atomic mass is 9.68. The zero-order valence-electron chi connectivity index (χ0n) is 23.5. The van der Waals surface area contributed by atoms with Crippen LogP contribution in [0.1, 0.15) is 22.8 Å². The fourth-order valence-electron chi connectivity index (χ4n) is 7.90. The number of nitrogens with zero attached hydrogens (tertiary/aromatic N) is 1. The summed E-state index contributed by atoms with van der Waals surface area (Å²) in [7, 11) is 0. The maximum atomic E-state index is 13.9. The van der Waals surface area contributed by atoms with Gasteiger partial charge in [-0.25, -0.2) is 0 Å². The fourth-order valence-corrected chi connectivity index (χ4v) is 10.9. The fraction of sp³-hybridized carbons (Fsp3) is 0.273. The van der Waals surface area contributed by atoms with Crippen LogP contribution in [0, 0.1) is 29.6 Å². The van der Waals surface area contributed by atoms with Gasteiger partial charge >= 0.3 is 4.87 Å². The number of rotatable bonds is 6. The summed E-state index contributed by atoms with van der Waals surface area (Å²) in [6, 6.07) is 20.6. The van der Waals surface area contributed by atoms with E-state index in [0.717, 1.165) is 21.9 Å². The summed E-state index contributed by atoms with van der Waals surface area (Å²) in [5.41, 5.74) is 2.10. The Labute approximate surface area is 270 Å². The molecule has 3 N–H and O–H groups in total. The van der Waals surface area contributed by atoms with Crippen LogP contribution in [0.3, 0.4) is 0 Å². The molecule has 0 spiro atoms. The van der Waals surface area contributed by atoms with Gasteiger partial charge in [0.25, 0.3) is 5.91 Å². The number of ether oxygens (including phenoxy) is 1. The van der Waals surface area contributed by atoms with E-state index in [9.17, 15) is 24.3 Å². The van der Waals surface area contributed by atoms with Crippen molar-refractivity contribution in [3.63, 3.8) is 0 Å². The largest absolute Gasteiger partial charge is 0.508 e. The molecule has 4 aromatic rings. The number of fused-ring (bicyclic) bond motifs is 9. The minimum Gasteiger partial charge on any atom is -0.508 e. The van der Waals surface area contributed by atoms with Gasteiger partial charge in [0.05, 0.1) is 22.5 Å². The molecule has 0 unspecified atom stereocenters. The zero-order valence-corrected chi connectivity index (χ0v) is 25.9. The third-order valence-electron chi connectivity index (χ3n) is 9.57. The molecule has 1 saturated heterocycles. The first-order valence-corrected chi connectivity index (χ1v) is 16.7. The molecule has 228 valence electrons. The average molecular weight is 660 g/mol. The first-order valence-electron chi connectivity index (χ1n) is 14.6. The molecule has 7 atom stereocenters. The van der Waals surface area contributed by atoms with Crippen LogP contribution in [0.15, 0.2) is 82.6 Å². The summed E-state index contributed by atoms with van der Waals surface area (Å²) in [4.78, 5) is 57.8. The normalized spacial score (nSPS) is 27.7. The molecule has 2 aliphatic heterocycles. The number of hydrogen-bond acceptors (Lipinski definition) is 8. The highest BCUT2D eigenvalue weighted by atomic mass is 35.5. The van der Waals surface area contributed by atoms with Crippen molar-refractivity contribution in [2.45, 2.75) is 22.6 Å². The van der Waals surface area contributed by atoms with Gasteiger partial charge in [0.1, 0.15) is 11.5 Å². The number of anilines is 2. The lowest BCUT2D eigenvalue weighted by Crippen LogP contribution is -2.42. The van der Waals surface area contributed by atoms with Gasteiger partial charge in [0.2, 0.25) is 11.8 Å². The molecule has 4 aliphatic rings. The van der Waals surface area contributed by atoms with E-state index < -0.39 is 5.92 Å². The number of benzene rings is 3. The first kappa shape index (κ1) is 28.4. The molecule has 0 radical (unpaired) electrons. The van der Waals surface area contributed by atoms with Gasteiger partial charge in [-0.05, 0) is 90.4 Å². The van der Waals surface area contributed by atoms with E-state index in [1.165, 1.54) is 28.4 Å². The van der Waals surface area contributed by atoms with Crippen LogP contribution in [0.5, 0.6) is 11.5 Å². The molecule has 3 fully saturated rings. The van der Waals surface area contributed by atoms with Crippen LogP contribution in [-0.2, 0) is 14.4 Å². The van der Waals surface area contributed by atoms with Gasteiger partial charge in [-0.15, -0.1) is 11.8 Å². The molecule has 9 nitrogen and oxygen atoms in total. The molecule has 1 aromatic heterocycles. The Morgan fingerprint density at radius 1 is 0.956 bits per heavy atom. The summed E-state index contributed by atoms with van der Waals surface area (Å²) < 4.78 is 5.74. The van der Waals surface area contributed by atoms with Crippen LogP contribution < -0.4 is 19.8 Å². The maximum Gasteiger partial charge on any atom is 0.305 e. The Morgan fingerprint density at radius 3 is 2.36 bits per heavy atom. The minimum absolute atomic E-state index is 0.00104. The smallest absolute Gasteiger partial charge is 0.305 e. The minimum atomic E-state index is -0.394. The van der Waals surface area contributed by atoms with E-state index in [-0.39, 0.29) is 69.8 Å². The van der Waals surface area contributed by atoms with Crippen molar-refractivity contribution in [3.05, 3.63) is 97.9 Å². The monoisotopic (exact) mass is 659 g/mol. The van der Waals surface area contributed by atoms with Crippen molar-refractivity contribution in [2.75, 3.05) is 16.8 Å². The highest BCUT2D eigenvalue weighted by Gasteiger charge is 2.69. The summed E-state index contributed by atoms with van der Waals surface area (Å²) >= 11 is 8.93. The third-order valence-corrected chi connectivity index (χ3v) is 12.4. The molecular weight excluding hydrogens is 634 g/mol. The van der Waals surface area contributed by atoms with Gasteiger partial charge in [0, 0.05) is 26.8 Å². The van der Waals surface area contributed by atoms with E-state index in [2.05, 4.69) is 10.3 Å².